The molecule has 2 atom stereocenters. The van der Waals surface area contributed by atoms with Crippen LogP contribution in [-0.2, 0) is 29.3 Å². The molecule has 1 spiro atoms. The molecule has 0 bridgehead atoms. The number of esters is 1. The van der Waals surface area contributed by atoms with Crippen molar-refractivity contribution in [2.24, 2.45) is 5.73 Å². The van der Waals surface area contributed by atoms with Gasteiger partial charge in [-0.3, -0.25) is 9.59 Å². The Labute approximate surface area is 191 Å². The van der Waals surface area contributed by atoms with Gasteiger partial charge in [0.15, 0.2) is 5.78 Å². The van der Waals surface area contributed by atoms with E-state index in [0.717, 1.165) is 11.1 Å². The standard InChI is InChI=1S/C26H24N2O5/c1-3-32-24(30)22-23(27)33-20-13-15(16-9-5-4-8-14(16)2)12-19(29)21(20)26(22)17-10-6-7-11-18(17)28-25(26)31/h4-11,15H,3,12-13,27H2,1-2H3,(H,28,31)/t15-,26-/m0/s1. The van der Waals surface area contributed by atoms with Gasteiger partial charge < -0.3 is 20.5 Å². The van der Waals surface area contributed by atoms with Crippen LogP contribution in [0.25, 0.3) is 0 Å². The highest BCUT2D eigenvalue weighted by molar-refractivity contribution is 6.22. The number of amides is 1. The summed E-state index contributed by atoms with van der Waals surface area (Å²) in [6, 6.07) is 14.9. The Morgan fingerprint density at radius 3 is 2.64 bits per heavy atom. The zero-order valence-electron chi connectivity index (χ0n) is 18.4. The molecule has 1 amide bonds. The second-order valence-corrected chi connectivity index (χ2v) is 8.49. The first-order valence-corrected chi connectivity index (χ1v) is 11.0. The number of nitrogens with one attached hydrogen (secondary N) is 1. The number of fused-ring (bicyclic) bond motifs is 3. The first-order chi connectivity index (χ1) is 15.9. The maximum Gasteiger partial charge on any atom is 0.341 e. The van der Waals surface area contributed by atoms with Crippen LogP contribution in [0.2, 0.25) is 0 Å². The molecule has 3 aliphatic rings. The normalized spacial score (nSPS) is 23.8. The molecular formula is C26H24N2O5. The molecule has 7 nitrogen and oxygen atoms in total. The maximum absolute atomic E-state index is 13.7. The summed E-state index contributed by atoms with van der Waals surface area (Å²) < 4.78 is 11.2. The molecule has 3 N–H and O–H groups in total. The van der Waals surface area contributed by atoms with Crippen LogP contribution in [0.4, 0.5) is 5.69 Å². The van der Waals surface area contributed by atoms with Gasteiger partial charge in [0, 0.05) is 24.1 Å². The van der Waals surface area contributed by atoms with Crippen molar-refractivity contribution in [2.75, 3.05) is 11.9 Å². The highest BCUT2D eigenvalue weighted by Gasteiger charge is 2.62. The summed E-state index contributed by atoms with van der Waals surface area (Å²) in [5.74, 6) is -1.53. The number of ketones is 1. The Kier molecular flexibility index (Phi) is 4.85. The van der Waals surface area contributed by atoms with E-state index >= 15 is 0 Å². The molecule has 2 heterocycles. The van der Waals surface area contributed by atoms with E-state index < -0.39 is 17.3 Å². The molecule has 5 rings (SSSR count). The number of para-hydroxylation sites is 1. The predicted octanol–water partition coefficient (Wildman–Crippen LogP) is 3.35. The Bertz CT molecular complexity index is 1270. The summed E-state index contributed by atoms with van der Waals surface area (Å²) in [6.07, 6.45) is 0.584. The van der Waals surface area contributed by atoms with Crippen molar-refractivity contribution >= 4 is 23.3 Å². The highest BCUT2D eigenvalue weighted by atomic mass is 16.5. The molecular weight excluding hydrogens is 420 g/mol. The lowest BCUT2D eigenvalue weighted by molar-refractivity contribution is -0.141. The average molecular weight is 444 g/mol. The second-order valence-electron chi connectivity index (χ2n) is 8.49. The number of aryl methyl sites for hydroxylation is 1. The fraction of sp³-hybridized carbons (Fsp3) is 0.269. The summed E-state index contributed by atoms with van der Waals surface area (Å²) in [4.78, 5) is 40.5. The summed E-state index contributed by atoms with van der Waals surface area (Å²) in [5, 5.41) is 2.83. The van der Waals surface area contributed by atoms with Crippen LogP contribution in [0.1, 0.15) is 42.4 Å². The van der Waals surface area contributed by atoms with Crippen LogP contribution in [-0.4, -0.2) is 24.3 Å². The highest BCUT2D eigenvalue weighted by Crippen LogP contribution is 2.55. The van der Waals surface area contributed by atoms with Crippen LogP contribution in [0.5, 0.6) is 0 Å². The second kappa shape index (κ2) is 7.62. The molecule has 0 saturated heterocycles. The maximum atomic E-state index is 13.7. The van der Waals surface area contributed by atoms with Crippen LogP contribution in [0.15, 0.2) is 71.3 Å². The van der Waals surface area contributed by atoms with Gasteiger partial charge in [0.05, 0.1) is 12.2 Å². The van der Waals surface area contributed by atoms with Crippen molar-refractivity contribution in [3.63, 3.8) is 0 Å². The lowest BCUT2D eigenvalue weighted by Gasteiger charge is -2.40. The van der Waals surface area contributed by atoms with Crippen molar-refractivity contribution in [2.45, 2.75) is 38.0 Å². The zero-order valence-corrected chi connectivity index (χ0v) is 18.4. The van der Waals surface area contributed by atoms with E-state index in [4.69, 9.17) is 15.2 Å². The van der Waals surface area contributed by atoms with Crippen molar-refractivity contribution in [3.05, 3.63) is 88.0 Å². The van der Waals surface area contributed by atoms with E-state index in [1.807, 2.05) is 31.2 Å². The summed E-state index contributed by atoms with van der Waals surface area (Å²) in [6.45, 7) is 3.75. The van der Waals surface area contributed by atoms with Crippen molar-refractivity contribution < 1.29 is 23.9 Å². The predicted molar refractivity (Wildman–Crippen MR) is 121 cm³/mol. The molecule has 168 valence electrons. The van der Waals surface area contributed by atoms with E-state index in [9.17, 15) is 14.4 Å². The number of Topliss-reactive ketones (excluding diaryl/α,β-unsaturated/α-hetero) is 1. The van der Waals surface area contributed by atoms with Crippen LogP contribution in [0, 0.1) is 6.92 Å². The van der Waals surface area contributed by atoms with Gasteiger partial charge in [0.2, 0.25) is 11.8 Å². The number of hydrogen-bond donors (Lipinski definition) is 2. The molecule has 2 aromatic rings. The zero-order chi connectivity index (χ0) is 23.3. The third-order valence-corrected chi connectivity index (χ3v) is 6.68. The minimum atomic E-state index is -1.70. The van der Waals surface area contributed by atoms with E-state index in [1.54, 1.807) is 31.2 Å². The fourth-order valence-electron chi connectivity index (χ4n) is 5.36. The van der Waals surface area contributed by atoms with Crippen LogP contribution < -0.4 is 11.1 Å². The number of hydrogen-bond acceptors (Lipinski definition) is 6. The number of carbonyl (C=O) groups excluding carboxylic acids is 3. The molecule has 2 aliphatic heterocycles. The quantitative estimate of drug-likeness (QED) is 0.703. The Balaban J connectivity index is 1.73. The topological polar surface area (TPSA) is 108 Å². The largest absolute Gasteiger partial charge is 0.462 e. The van der Waals surface area contributed by atoms with Gasteiger partial charge in [-0.2, -0.15) is 0 Å². The smallest absolute Gasteiger partial charge is 0.341 e. The Morgan fingerprint density at radius 2 is 1.88 bits per heavy atom. The lowest BCUT2D eigenvalue weighted by atomic mass is 9.63. The van der Waals surface area contributed by atoms with Crippen LogP contribution >= 0.6 is 0 Å². The van der Waals surface area contributed by atoms with Gasteiger partial charge in [-0.1, -0.05) is 42.5 Å². The third-order valence-electron chi connectivity index (χ3n) is 6.68. The van der Waals surface area contributed by atoms with E-state index in [0.29, 0.717) is 23.4 Å². The fourth-order valence-corrected chi connectivity index (χ4v) is 5.36. The van der Waals surface area contributed by atoms with Crippen molar-refractivity contribution in [1.29, 1.82) is 0 Å². The van der Waals surface area contributed by atoms with E-state index in [-0.39, 0.29) is 41.8 Å². The summed E-state index contributed by atoms with van der Waals surface area (Å²) >= 11 is 0. The Morgan fingerprint density at radius 1 is 1.15 bits per heavy atom. The first kappa shape index (κ1) is 21.0. The molecule has 1 aliphatic carbocycles. The van der Waals surface area contributed by atoms with Crippen LogP contribution in [0.3, 0.4) is 0 Å². The van der Waals surface area contributed by atoms with Gasteiger partial charge in [-0.15, -0.1) is 0 Å². The SMILES string of the molecule is CCOC(=O)C1=C(N)OC2=C(C(=O)C[C@H](c3ccccc3C)C2)[C@]12C(=O)Nc1ccccc12. The van der Waals surface area contributed by atoms with Gasteiger partial charge >= 0.3 is 5.97 Å². The summed E-state index contributed by atoms with van der Waals surface area (Å²) in [5.41, 5.74) is 7.76. The molecule has 33 heavy (non-hydrogen) atoms. The molecule has 2 aromatic carbocycles. The monoisotopic (exact) mass is 444 g/mol. The number of nitrogens with two attached hydrogens (primary N) is 1. The number of anilines is 1. The molecule has 0 radical (unpaired) electrons. The third kappa shape index (κ3) is 2.92. The molecule has 7 heteroatoms. The summed E-state index contributed by atoms with van der Waals surface area (Å²) in [7, 11) is 0. The number of benzene rings is 2. The van der Waals surface area contributed by atoms with Crippen molar-refractivity contribution in [3.8, 4) is 0 Å². The van der Waals surface area contributed by atoms with Gasteiger partial charge in [-0.25, -0.2) is 4.79 Å². The van der Waals surface area contributed by atoms with E-state index in [1.165, 1.54) is 0 Å². The molecule has 0 saturated carbocycles. The van der Waals surface area contributed by atoms with E-state index in [2.05, 4.69) is 5.32 Å². The minimum Gasteiger partial charge on any atom is -0.462 e. The first-order valence-electron chi connectivity index (χ1n) is 11.0. The molecule has 0 aromatic heterocycles. The Hall–Kier alpha value is -3.87. The molecule has 0 unspecified atom stereocenters. The van der Waals surface area contributed by atoms with Gasteiger partial charge in [-0.05, 0) is 37.0 Å². The lowest BCUT2D eigenvalue weighted by Crippen LogP contribution is -2.49. The molecule has 0 fully saturated rings. The minimum absolute atomic E-state index is 0.0875. The number of carbonyl (C=O) groups is 3. The number of allylic oxidation sites excluding steroid dienone is 1. The van der Waals surface area contributed by atoms with Gasteiger partial charge in [0.1, 0.15) is 16.7 Å². The number of rotatable bonds is 3. The van der Waals surface area contributed by atoms with Gasteiger partial charge in [0.25, 0.3) is 0 Å². The number of ether oxygens (including phenoxy) is 2. The average Bonchev–Trinajstić information content (AvgIpc) is 3.06. The van der Waals surface area contributed by atoms with Crippen molar-refractivity contribution in [1.82, 2.24) is 0 Å².